The van der Waals surface area contributed by atoms with Crippen LogP contribution in [0, 0.1) is 23.2 Å². The number of benzene rings is 3. The quantitative estimate of drug-likeness (QED) is 0.0222. The van der Waals surface area contributed by atoms with E-state index < -0.39 is 217 Å². The third-order valence-electron chi connectivity index (χ3n) is 23.7. The van der Waals surface area contributed by atoms with Gasteiger partial charge in [-0.1, -0.05) is 120 Å². The second kappa shape index (κ2) is 49.8. The van der Waals surface area contributed by atoms with Crippen LogP contribution in [0.2, 0.25) is 0 Å². The zero-order valence-electron chi connectivity index (χ0n) is 75.3. The fraction of sp³-hybridized carbons (Fsp3) is 0.538. The number of aliphatic hydroxyl groups excluding tert-OH is 1. The van der Waals surface area contributed by atoms with Gasteiger partial charge in [-0.2, -0.15) is 0 Å². The Hall–Kier alpha value is -12.4. The van der Waals surface area contributed by atoms with Crippen molar-refractivity contribution < 1.29 is 81.8 Å². The maximum Gasteiger partial charge on any atom is 0.245 e. The third-order valence-corrected chi connectivity index (χ3v) is 24.7. The van der Waals surface area contributed by atoms with Crippen molar-refractivity contribution in [3.8, 4) is 0 Å². The summed E-state index contributed by atoms with van der Waals surface area (Å²) in [6.07, 6.45) is 6.46. The zero-order chi connectivity index (χ0) is 94.3. The van der Waals surface area contributed by atoms with E-state index in [4.69, 9.17) is 16.9 Å². The number of aromatic nitrogens is 4. The van der Waals surface area contributed by atoms with Gasteiger partial charge in [-0.3, -0.25) is 82.1 Å². The number of H-pyrrole nitrogens is 3. The minimum Gasteiger partial charge on any atom is -0.394 e. The van der Waals surface area contributed by atoms with E-state index in [1.807, 2.05) is 27.7 Å². The molecule has 0 saturated carbocycles. The number of fused-ring (bicyclic) bond motifs is 3. The summed E-state index contributed by atoms with van der Waals surface area (Å²) in [7, 11) is 5.48. The van der Waals surface area contributed by atoms with Crippen molar-refractivity contribution in [3.05, 3.63) is 126 Å². The van der Waals surface area contributed by atoms with E-state index in [1.54, 1.807) is 91.3 Å². The Balaban J connectivity index is 1.16. The number of carbonyl (C=O) groups excluding carboxylic acids is 16. The van der Waals surface area contributed by atoms with E-state index in [9.17, 15) is 53.1 Å². The smallest absolute Gasteiger partial charge is 0.245 e. The van der Waals surface area contributed by atoms with E-state index in [2.05, 4.69) is 62.5 Å². The normalized spacial score (nSPS) is 24.0. The van der Waals surface area contributed by atoms with Gasteiger partial charge in [-0.25, -0.2) is 4.98 Å². The van der Waals surface area contributed by atoms with Crippen molar-refractivity contribution in [2.45, 2.75) is 230 Å². The van der Waals surface area contributed by atoms with Gasteiger partial charge in [0.2, 0.25) is 76.8 Å². The summed E-state index contributed by atoms with van der Waals surface area (Å²) in [5.74, 6) is -15.7. The number of ketones is 3. The number of unbranched alkanes of at least 4 members (excludes halogenated alkanes) is 2. The first-order valence-electron chi connectivity index (χ1n) is 44.2. The molecule has 0 bridgehead atoms. The molecule has 0 spiro atoms. The number of aliphatic hydroxyl groups is 1. The standard InChI is InChI=1S/C91H128N20O17S/c1-11-13-31-72-76(114)43-57(26-22-36-96-91(93)94)82(120)106-71(75(113)34-35-78(92)116)50-129-51-80(118)102-68(39-56-24-16-15-17-25-56)88(126)108(8)55(6)81(119)100-54(5)86(124)111-37-23-33-73(111)77(115)44-58(40-61-47-95-52-99-61)83(121)103-67(38-53(3)4)87(125)107(7)48-79(117)101-66(41-59-45-97-64-29-20-18-27-62(59)64)84(122)105-70(49-112)85(123)104-69(42-60-46-98-65-30-21-19-28-63(60)65)89(127)110(10)74(32-14-12-2)90(128)109(72)9/h15-21,24-25,27-30,45-47,52-55,57-58,66-74,97-98,112H,11-14,22-23,26,31-44,48-51H2,1-10H3,(H2,92,116)(H,95,99)(H,100,119)(H,101,117)(H,102,118)(H,103,121)(H,104,123)(H,105,122)(H,106,120)(H4,93,94,96)/t54-,55-,57+,58+,66-,67-,68-,69-,70-,71-,72-,73?,74-/m0/s1. The monoisotopic (exact) mass is 1800 g/mol. The Morgan fingerprint density at radius 2 is 1.14 bits per heavy atom. The summed E-state index contributed by atoms with van der Waals surface area (Å²) >= 11 is 0.892. The van der Waals surface area contributed by atoms with Crippen LogP contribution < -0.4 is 54.0 Å². The van der Waals surface area contributed by atoms with Crippen LogP contribution >= 0.6 is 11.8 Å². The molecule has 13 amide bonds. The molecule has 1 unspecified atom stereocenters. The van der Waals surface area contributed by atoms with Crippen LogP contribution in [0.25, 0.3) is 21.8 Å². The Kier molecular flexibility index (Phi) is 39.4. The molecule has 2 fully saturated rings. The van der Waals surface area contributed by atoms with Gasteiger partial charge in [0, 0.05) is 150 Å². The van der Waals surface area contributed by atoms with Crippen LogP contribution in [-0.4, -0.2) is 282 Å². The molecule has 3 aromatic carbocycles. The lowest BCUT2D eigenvalue weighted by Gasteiger charge is -2.36. The lowest BCUT2D eigenvalue weighted by atomic mass is 9.90. The first-order valence-corrected chi connectivity index (χ1v) is 45.4. The molecule has 2 aliphatic heterocycles. The molecule has 129 heavy (non-hydrogen) atoms. The second-order valence-electron chi connectivity index (χ2n) is 34.0. The number of hydrogen-bond acceptors (Lipinski definition) is 20. The number of guanidine groups is 1. The van der Waals surface area contributed by atoms with Crippen LogP contribution in [-0.2, 0) is 102 Å². The highest BCUT2D eigenvalue weighted by Gasteiger charge is 2.43. The van der Waals surface area contributed by atoms with Gasteiger partial charge in [0.15, 0.2) is 23.3 Å². The minimum absolute atomic E-state index is 0.0429. The summed E-state index contributed by atoms with van der Waals surface area (Å²) in [5, 5.41) is 42.2. The van der Waals surface area contributed by atoms with Crippen LogP contribution in [0.4, 0.5) is 0 Å². The van der Waals surface area contributed by atoms with Gasteiger partial charge in [0.1, 0.15) is 48.3 Å². The van der Waals surface area contributed by atoms with Gasteiger partial charge < -0.3 is 98.6 Å². The van der Waals surface area contributed by atoms with Crippen molar-refractivity contribution in [2.75, 3.05) is 65.9 Å². The SMILES string of the molecule is CCCC[C@H]1C(=O)N(C)[C@@H](CCCC)C(=O)C[C@@H](CCCNC(=N)N)C(=O)N[C@H](C(=O)CCC(N)=O)CSCC(=O)N[C@@H](Cc2ccccc2)C(=O)N(C)[C@@H](C)C(=O)N[C@@H](C)C(=O)N2CCCC2C(=O)C[C@@H](Cc2cnc[nH]2)C(=O)N[C@@H](CC(C)C)C(=O)N(C)CC(=O)N[C@@H](Cc2c[nH]c3ccccc23)C(=O)N[C@@H](CO)C(=O)N[C@@H](Cc2c[nH]c3ccccc23)C(=O)N1C. The topological polar surface area (TPSA) is 542 Å². The fourth-order valence-electron chi connectivity index (χ4n) is 16.3. The number of nitrogens with two attached hydrogens (primary N) is 2. The molecule has 700 valence electrons. The van der Waals surface area contributed by atoms with Gasteiger partial charge in [0.05, 0.1) is 49.3 Å². The van der Waals surface area contributed by atoms with Crippen LogP contribution in [0.3, 0.4) is 0 Å². The van der Waals surface area contributed by atoms with E-state index in [0.29, 0.717) is 76.3 Å². The molecule has 6 aromatic rings. The van der Waals surface area contributed by atoms with E-state index in [-0.39, 0.29) is 94.9 Å². The maximum absolute atomic E-state index is 15.7. The highest BCUT2D eigenvalue weighted by Crippen LogP contribution is 2.29. The van der Waals surface area contributed by atoms with Crippen LogP contribution in [0.15, 0.2) is 104 Å². The molecule has 5 heterocycles. The van der Waals surface area contributed by atoms with Crippen molar-refractivity contribution >= 4 is 134 Å². The summed E-state index contributed by atoms with van der Waals surface area (Å²) in [6, 6.07) is 7.92. The summed E-state index contributed by atoms with van der Waals surface area (Å²) in [4.78, 5) is 255. The predicted molar refractivity (Wildman–Crippen MR) is 485 cm³/mol. The van der Waals surface area contributed by atoms with Crippen LogP contribution in [0.1, 0.15) is 160 Å². The predicted octanol–water partition coefficient (Wildman–Crippen LogP) is 2.42. The zero-order valence-corrected chi connectivity index (χ0v) is 76.1. The number of likely N-dealkylation sites (N-methyl/N-ethyl adjacent to an activating group) is 4. The van der Waals surface area contributed by atoms with Gasteiger partial charge in [0.25, 0.3) is 0 Å². The molecule has 3 aromatic heterocycles. The number of para-hydroxylation sites is 2. The van der Waals surface area contributed by atoms with Crippen molar-refractivity contribution in [1.82, 2.24) is 87.0 Å². The lowest BCUT2D eigenvalue weighted by molar-refractivity contribution is -0.149. The summed E-state index contributed by atoms with van der Waals surface area (Å²) in [6.45, 7) is 8.65. The van der Waals surface area contributed by atoms with Crippen molar-refractivity contribution in [2.24, 2.45) is 29.2 Å². The van der Waals surface area contributed by atoms with Crippen molar-refractivity contribution in [3.63, 3.8) is 0 Å². The van der Waals surface area contributed by atoms with E-state index in [1.165, 1.54) is 69.3 Å². The van der Waals surface area contributed by atoms with Gasteiger partial charge >= 0.3 is 0 Å². The molecule has 0 radical (unpaired) electrons. The number of nitrogens with one attached hydrogen (secondary N) is 12. The number of amides is 13. The Bertz CT molecular complexity index is 4910. The second-order valence-corrected chi connectivity index (χ2v) is 35.0. The molecule has 2 saturated heterocycles. The first kappa shape index (κ1) is 102. The van der Waals surface area contributed by atoms with Gasteiger partial charge in [-0.05, 0) is 93.5 Å². The Labute approximate surface area is 755 Å². The molecule has 8 rings (SSSR count). The molecule has 17 N–H and O–H groups in total. The Morgan fingerprint density at radius 3 is 1.75 bits per heavy atom. The molecule has 37 nitrogen and oxygen atoms in total. The Morgan fingerprint density at radius 1 is 0.574 bits per heavy atom. The molecular formula is C91H128N20O17S. The number of nitrogens with zero attached hydrogens (tertiary/aromatic N) is 6. The highest BCUT2D eigenvalue weighted by molar-refractivity contribution is 8.00. The average molecular weight is 1810 g/mol. The summed E-state index contributed by atoms with van der Waals surface area (Å²) < 4.78 is 0. The van der Waals surface area contributed by atoms with Crippen molar-refractivity contribution in [1.29, 1.82) is 5.41 Å². The molecule has 0 aliphatic carbocycles. The first-order chi connectivity index (χ1) is 61.5. The maximum atomic E-state index is 15.7. The average Bonchev–Trinajstić information content (AvgIpc) is 1.69. The third kappa shape index (κ3) is 29.6. The number of imidazole rings is 1. The molecule has 13 atom stereocenters. The number of hydrogen-bond donors (Lipinski definition) is 15. The number of Topliss-reactive ketones (excluding diaryl/α,β-unsaturated/α-hetero) is 3. The molecular weight excluding hydrogens is 1680 g/mol. The number of primary amides is 1. The summed E-state index contributed by atoms with van der Waals surface area (Å²) in [5.41, 5.74) is 14.7. The molecule has 2 aliphatic rings. The fourth-order valence-corrected chi connectivity index (χ4v) is 17.2. The highest BCUT2D eigenvalue weighted by atomic mass is 32.2. The minimum atomic E-state index is -1.82. The van der Waals surface area contributed by atoms with Gasteiger partial charge in [-0.15, -0.1) is 11.8 Å². The van der Waals surface area contributed by atoms with E-state index >= 15 is 28.8 Å². The lowest BCUT2D eigenvalue weighted by Crippen LogP contribution is -2.60. The number of aromatic amines is 3. The largest absolute Gasteiger partial charge is 0.394 e. The number of carbonyl (C=O) groups is 16. The molecule has 38 heteroatoms. The van der Waals surface area contributed by atoms with E-state index in [0.717, 1.165) is 21.6 Å². The number of thioether (sulfide) groups is 1. The number of rotatable bonds is 25. The van der Waals surface area contributed by atoms with Crippen LogP contribution in [0.5, 0.6) is 0 Å².